The summed E-state index contributed by atoms with van der Waals surface area (Å²) in [6, 6.07) is -0.101. The van der Waals surface area contributed by atoms with Crippen molar-refractivity contribution < 1.29 is 15.3 Å². The Morgan fingerprint density at radius 2 is 1.63 bits per heavy atom. The fourth-order valence-electron chi connectivity index (χ4n) is 2.02. The first-order valence-electron chi connectivity index (χ1n) is 7.04. The molecule has 0 amide bonds. The van der Waals surface area contributed by atoms with Crippen LogP contribution in [0.1, 0.15) is 27.2 Å². The minimum atomic E-state index is -0.407. The number of nitrogens with zero attached hydrogens (tertiary/aromatic N) is 1. The average molecular weight is 277 g/mol. The Labute approximate surface area is 116 Å². The van der Waals surface area contributed by atoms with Crippen LogP contribution in [0.3, 0.4) is 0 Å². The highest BCUT2D eigenvalue weighted by atomic mass is 16.3. The van der Waals surface area contributed by atoms with Gasteiger partial charge in [0.25, 0.3) is 0 Å². The molecule has 0 rings (SSSR count). The minimum absolute atomic E-state index is 0.101. The SMILES string of the molecule is CC(O)CNCCN(CC(C)O)CC(N)CC(C)O. The number of nitrogens with two attached hydrogens (primary N) is 1. The second-order valence-corrected chi connectivity index (χ2v) is 5.51. The molecule has 0 aliphatic rings. The van der Waals surface area contributed by atoms with E-state index in [0.29, 0.717) is 26.1 Å². The summed E-state index contributed by atoms with van der Waals surface area (Å²) in [7, 11) is 0. The maximum Gasteiger partial charge on any atom is 0.0639 e. The van der Waals surface area contributed by atoms with Gasteiger partial charge in [-0.05, 0) is 27.2 Å². The first kappa shape index (κ1) is 18.8. The van der Waals surface area contributed by atoms with Crippen molar-refractivity contribution in [2.24, 2.45) is 5.73 Å². The van der Waals surface area contributed by atoms with Crippen molar-refractivity contribution in [1.82, 2.24) is 10.2 Å². The first-order valence-corrected chi connectivity index (χ1v) is 7.04. The van der Waals surface area contributed by atoms with E-state index in [-0.39, 0.29) is 12.1 Å². The fourth-order valence-corrected chi connectivity index (χ4v) is 2.02. The van der Waals surface area contributed by atoms with E-state index < -0.39 is 12.2 Å². The molecule has 4 atom stereocenters. The number of rotatable bonds is 11. The molecule has 19 heavy (non-hydrogen) atoms. The van der Waals surface area contributed by atoms with Crippen LogP contribution < -0.4 is 11.1 Å². The summed E-state index contributed by atoms with van der Waals surface area (Å²) >= 11 is 0. The second kappa shape index (κ2) is 10.5. The minimum Gasteiger partial charge on any atom is -0.393 e. The van der Waals surface area contributed by atoms with Gasteiger partial charge in [-0.25, -0.2) is 0 Å². The fraction of sp³-hybridized carbons (Fsp3) is 1.00. The molecule has 0 fully saturated rings. The quantitative estimate of drug-likeness (QED) is 0.302. The van der Waals surface area contributed by atoms with E-state index in [1.807, 2.05) is 0 Å². The highest BCUT2D eigenvalue weighted by Crippen LogP contribution is 2.00. The monoisotopic (exact) mass is 277 g/mol. The molecule has 6 heteroatoms. The van der Waals surface area contributed by atoms with E-state index in [4.69, 9.17) is 10.8 Å². The Morgan fingerprint density at radius 1 is 1.00 bits per heavy atom. The summed E-state index contributed by atoms with van der Waals surface area (Å²) in [6.45, 7) is 8.46. The maximum absolute atomic E-state index is 9.47. The lowest BCUT2D eigenvalue weighted by Crippen LogP contribution is -2.45. The molecule has 0 saturated carbocycles. The number of hydrogen-bond acceptors (Lipinski definition) is 6. The molecule has 0 aromatic carbocycles. The van der Waals surface area contributed by atoms with Crippen LogP contribution in [0.5, 0.6) is 0 Å². The van der Waals surface area contributed by atoms with E-state index in [0.717, 1.165) is 13.1 Å². The van der Waals surface area contributed by atoms with Gasteiger partial charge in [0.15, 0.2) is 0 Å². The van der Waals surface area contributed by atoms with Crippen LogP contribution in [0.15, 0.2) is 0 Å². The standard InChI is InChI=1S/C13H31N3O3/c1-10(17)6-13(14)9-16(8-12(3)19)5-4-15-7-11(2)18/h10-13,15,17-19H,4-9,14H2,1-3H3. The van der Waals surface area contributed by atoms with Gasteiger partial charge in [0.1, 0.15) is 0 Å². The summed E-state index contributed by atoms with van der Waals surface area (Å²) in [4.78, 5) is 2.08. The van der Waals surface area contributed by atoms with Gasteiger partial charge in [0.05, 0.1) is 18.3 Å². The molecule has 0 aliphatic carbocycles. The third-order valence-electron chi connectivity index (χ3n) is 2.70. The van der Waals surface area contributed by atoms with Crippen molar-refractivity contribution in [1.29, 1.82) is 0 Å². The van der Waals surface area contributed by atoms with Crippen LogP contribution >= 0.6 is 0 Å². The zero-order chi connectivity index (χ0) is 14.8. The third-order valence-corrected chi connectivity index (χ3v) is 2.70. The third kappa shape index (κ3) is 12.5. The van der Waals surface area contributed by atoms with Gasteiger partial charge in [-0.3, -0.25) is 4.90 Å². The normalized spacial score (nSPS) is 18.3. The average Bonchev–Trinajstić information content (AvgIpc) is 2.21. The van der Waals surface area contributed by atoms with Crippen LogP contribution in [0.25, 0.3) is 0 Å². The smallest absolute Gasteiger partial charge is 0.0639 e. The first-order chi connectivity index (χ1) is 8.81. The van der Waals surface area contributed by atoms with Crippen molar-refractivity contribution in [3.63, 3.8) is 0 Å². The largest absolute Gasteiger partial charge is 0.393 e. The van der Waals surface area contributed by atoms with Gasteiger partial charge >= 0.3 is 0 Å². The lowest BCUT2D eigenvalue weighted by atomic mass is 10.1. The predicted octanol–water partition coefficient (Wildman–Crippen LogP) is -1.26. The summed E-state index contributed by atoms with van der Waals surface area (Å²) in [5.74, 6) is 0. The predicted molar refractivity (Wildman–Crippen MR) is 76.9 cm³/mol. The molecule has 0 heterocycles. The van der Waals surface area contributed by atoms with Crippen LogP contribution in [0.4, 0.5) is 0 Å². The van der Waals surface area contributed by atoms with E-state index in [2.05, 4.69) is 10.2 Å². The van der Waals surface area contributed by atoms with Crippen molar-refractivity contribution in [3.8, 4) is 0 Å². The van der Waals surface area contributed by atoms with Crippen molar-refractivity contribution in [2.75, 3.05) is 32.7 Å². The van der Waals surface area contributed by atoms with Crippen LogP contribution in [-0.2, 0) is 0 Å². The second-order valence-electron chi connectivity index (χ2n) is 5.51. The van der Waals surface area contributed by atoms with Gasteiger partial charge in [0.2, 0.25) is 0 Å². The molecule has 0 aromatic heterocycles. The highest BCUT2D eigenvalue weighted by Gasteiger charge is 2.14. The number of nitrogens with one attached hydrogen (secondary N) is 1. The molecule has 0 saturated heterocycles. The molecule has 0 aromatic rings. The van der Waals surface area contributed by atoms with Gasteiger partial charge in [0, 0.05) is 38.8 Å². The van der Waals surface area contributed by atoms with E-state index in [9.17, 15) is 10.2 Å². The van der Waals surface area contributed by atoms with Crippen LogP contribution in [0, 0.1) is 0 Å². The Balaban J connectivity index is 4.00. The van der Waals surface area contributed by atoms with E-state index >= 15 is 0 Å². The lowest BCUT2D eigenvalue weighted by Gasteiger charge is -2.27. The molecular weight excluding hydrogens is 246 g/mol. The Morgan fingerprint density at radius 3 is 2.11 bits per heavy atom. The summed E-state index contributed by atoms with van der Waals surface area (Å²) < 4.78 is 0. The zero-order valence-corrected chi connectivity index (χ0v) is 12.4. The summed E-state index contributed by atoms with van der Waals surface area (Å²) in [5.41, 5.74) is 5.96. The van der Waals surface area contributed by atoms with E-state index in [1.165, 1.54) is 0 Å². The maximum atomic E-state index is 9.47. The molecule has 0 aliphatic heterocycles. The zero-order valence-electron chi connectivity index (χ0n) is 12.4. The van der Waals surface area contributed by atoms with Crippen molar-refractivity contribution in [3.05, 3.63) is 0 Å². The molecule has 0 bridgehead atoms. The van der Waals surface area contributed by atoms with Gasteiger partial charge in [-0.1, -0.05) is 0 Å². The Hall–Kier alpha value is -0.240. The highest BCUT2D eigenvalue weighted by molar-refractivity contribution is 4.73. The molecule has 116 valence electrons. The Bertz CT molecular complexity index is 213. The molecule has 6 nitrogen and oxygen atoms in total. The van der Waals surface area contributed by atoms with Crippen molar-refractivity contribution in [2.45, 2.75) is 51.5 Å². The van der Waals surface area contributed by atoms with Gasteiger partial charge < -0.3 is 26.4 Å². The number of aliphatic hydroxyl groups excluding tert-OH is 3. The molecule has 0 spiro atoms. The number of aliphatic hydroxyl groups is 3. The molecular formula is C13H31N3O3. The summed E-state index contributed by atoms with van der Waals surface area (Å²) in [6.07, 6.45) is -0.618. The van der Waals surface area contributed by atoms with Crippen LogP contribution in [-0.4, -0.2) is 77.3 Å². The Kier molecular flexibility index (Phi) is 10.4. The van der Waals surface area contributed by atoms with E-state index in [1.54, 1.807) is 20.8 Å². The molecule has 4 unspecified atom stereocenters. The summed E-state index contributed by atoms with van der Waals surface area (Å²) in [5, 5.41) is 31.1. The van der Waals surface area contributed by atoms with Crippen LogP contribution in [0.2, 0.25) is 0 Å². The van der Waals surface area contributed by atoms with Crippen molar-refractivity contribution >= 4 is 0 Å². The van der Waals surface area contributed by atoms with Gasteiger partial charge in [-0.2, -0.15) is 0 Å². The topological polar surface area (TPSA) is 102 Å². The molecule has 6 N–H and O–H groups in total. The lowest BCUT2D eigenvalue weighted by molar-refractivity contribution is 0.112. The number of hydrogen-bond donors (Lipinski definition) is 5. The molecule has 0 radical (unpaired) electrons. The van der Waals surface area contributed by atoms with Gasteiger partial charge in [-0.15, -0.1) is 0 Å².